The average Bonchev–Trinajstić information content (AvgIpc) is 2.43. The second kappa shape index (κ2) is 6.88. The maximum Gasteiger partial charge on any atom is 0.270 e. The number of nitrogens with one attached hydrogen (secondary N) is 2. The van der Waals surface area contributed by atoms with E-state index in [1.807, 2.05) is 20.8 Å². The molecule has 6 heteroatoms. The van der Waals surface area contributed by atoms with Crippen molar-refractivity contribution in [1.82, 2.24) is 5.32 Å². The molecule has 1 atom stereocenters. The van der Waals surface area contributed by atoms with Crippen molar-refractivity contribution in [3.05, 3.63) is 33.9 Å². The van der Waals surface area contributed by atoms with Crippen molar-refractivity contribution in [2.24, 2.45) is 5.92 Å². The highest BCUT2D eigenvalue weighted by molar-refractivity contribution is 6.00. The Morgan fingerprint density at radius 3 is 2.50 bits per heavy atom. The van der Waals surface area contributed by atoms with E-state index in [1.165, 1.54) is 12.1 Å². The van der Waals surface area contributed by atoms with Crippen molar-refractivity contribution in [3.8, 4) is 0 Å². The lowest BCUT2D eigenvalue weighted by Crippen LogP contribution is -2.38. The van der Waals surface area contributed by atoms with Crippen LogP contribution < -0.4 is 10.6 Å². The zero-order chi connectivity index (χ0) is 15.3. The van der Waals surface area contributed by atoms with E-state index in [1.54, 1.807) is 13.1 Å². The summed E-state index contributed by atoms with van der Waals surface area (Å²) in [4.78, 5) is 22.6. The van der Waals surface area contributed by atoms with Crippen molar-refractivity contribution < 1.29 is 9.72 Å². The number of nitro groups is 1. The summed E-state index contributed by atoms with van der Waals surface area (Å²) in [6.07, 6.45) is 0.813. The molecule has 2 N–H and O–H groups in total. The molecule has 0 fully saturated rings. The van der Waals surface area contributed by atoms with Crippen LogP contribution in [0.5, 0.6) is 0 Å². The number of hydrogen-bond acceptors (Lipinski definition) is 4. The molecule has 110 valence electrons. The summed E-state index contributed by atoms with van der Waals surface area (Å²) in [5.41, 5.74) is 0.777. The molecular weight excluding hydrogens is 258 g/mol. The number of carbonyl (C=O) groups is 1. The largest absolute Gasteiger partial charge is 0.387 e. The molecule has 0 spiro atoms. The molecule has 1 rings (SSSR count). The molecule has 20 heavy (non-hydrogen) atoms. The van der Waals surface area contributed by atoms with Crippen molar-refractivity contribution >= 4 is 17.3 Å². The van der Waals surface area contributed by atoms with E-state index >= 15 is 0 Å². The summed E-state index contributed by atoms with van der Waals surface area (Å²) in [6, 6.07) is 4.27. The molecule has 0 radical (unpaired) electrons. The lowest BCUT2D eigenvalue weighted by atomic mass is 10.0. The summed E-state index contributed by atoms with van der Waals surface area (Å²) in [5.74, 6) is 0.0132. The fraction of sp³-hybridized carbons (Fsp3) is 0.500. The maximum absolute atomic E-state index is 12.3. The van der Waals surface area contributed by atoms with E-state index in [9.17, 15) is 14.9 Å². The Labute approximate surface area is 118 Å². The van der Waals surface area contributed by atoms with E-state index in [0.29, 0.717) is 17.2 Å². The first-order chi connectivity index (χ1) is 9.40. The molecule has 0 aliphatic carbocycles. The number of non-ortho nitro benzene ring substituents is 1. The highest BCUT2D eigenvalue weighted by Crippen LogP contribution is 2.22. The molecular formula is C14H21N3O3. The van der Waals surface area contributed by atoms with Crippen LogP contribution in [0, 0.1) is 16.0 Å². The third kappa shape index (κ3) is 3.69. The van der Waals surface area contributed by atoms with Gasteiger partial charge in [0.05, 0.1) is 10.5 Å². The maximum atomic E-state index is 12.3. The molecule has 0 bridgehead atoms. The Balaban J connectivity index is 3.06. The van der Waals surface area contributed by atoms with Gasteiger partial charge in [-0.1, -0.05) is 20.8 Å². The topological polar surface area (TPSA) is 84.3 Å². The van der Waals surface area contributed by atoms with Crippen LogP contribution in [-0.2, 0) is 0 Å². The number of hydrogen-bond donors (Lipinski definition) is 2. The van der Waals surface area contributed by atoms with Crippen LogP contribution in [-0.4, -0.2) is 23.9 Å². The van der Waals surface area contributed by atoms with E-state index < -0.39 is 4.92 Å². The van der Waals surface area contributed by atoms with Gasteiger partial charge in [0.25, 0.3) is 11.6 Å². The highest BCUT2D eigenvalue weighted by atomic mass is 16.6. The summed E-state index contributed by atoms with van der Waals surface area (Å²) in [5, 5.41) is 16.6. The van der Waals surface area contributed by atoms with Crippen LogP contribution in [0.2, 0.25) is 0 Å². The summed E-state index contributed by atoms with van der Waals surface area (Å²) in [6.45, 7) is 6.05. The fourth-order valence-electron chi connectivity index (χ4n) is 2.04. The number of benzene rings is 1. The van der Waals surface area contributed by atoms with Crippen LogP contribution in [0.4, 0.5) is 11.4 Å². The second-order valence-corrected chi connectivity index (χ2v) is 4.97. The van der Waals surface area contributed by atoms with Crippen molar-refractivity contribution in [3.63, 3.8) is 0 Å². The summed E-state index contributed by atoms with van der Waals surface area (Å²) in [7, 11) is 1.68. The van der Waals surface area contributed by atoms with Crippen molar-refractivity contribution in [1.29, 1.82) is 0 Å². The minimum atomic E-state index is -0.504. The van der Waals surface area contributed by atoms with Crippen LogP contribution in [0.3, 0.4) is 0 Å². The standard InChI is InChI=1S/C14H21N3O3/c1-5-12(9(2)3)16-14(18)11-8-10(17(19)20)6-7-13(11)15-4/h6-9,12,15H,5H2,1-4H3,(H,16,18). The van der Waals surface area contributed by atoms with Gasteiger partial charge in [0.15, 0.2) is 0 Å². The SMILES string of the molecule is CCC(NC(=O)c1cc([N+](=O)[O-])ccc1NC)C(C)C. The van der Waals surface area contributed by atoms with Crippen LogP contribution in [0.1, 0.15) is 37.6 Å². The van der Waals surface area contributed by atoms with Crippen LogP contribution >= 0.6 is 0 Å². The number of rotatable bonds is 6. The average molecular weight is 279 g/mol. The van der Waals surface area contributed by atoms with Gasteiger partial charge in [-0.3, -0.25) is 14.9 Å². The third-order valence-electron chi connectivity index (χ3n) is 3.29. The van der Waals surface area contributed by atoms with Gasteiger partial charge >= 0.3 is 0 Å². The van der Waals surface area contributed by atoms with Gasteiger partial charge in [-0.15, -0.1) is 0 Å². The molecule has 1 amide bonds. The van der Waals surface area contributed by atoms with Gasteiger partial charge in [-0.2, -0.15) is 0 Å². The van der Waals surface area contributed by atoms with E-state index in [2.05, 4.69) is 10.6 Å². The number of amides is 1. The zero-order valence-electron chi connectivity index (χ0n) is 12.3. The summed E-state index contributed by atoms with van der Waals surface area (Å²) < 4.78 is 0. The predicted octanol–water partition coefficient (Wildman–Crippen LogP) is 2.80. The first-order valence-electron chi connectivity index (χ1n) is 6.67. The zero-order valence-corrected chi connectivity index (χ0v) is 12.3. The summed E-state index contributed by atoms with van der Waals surface area (Å²) >= 11 is 0. The Hall–Kier alpha value is -2.11. The second-order valence-electron chi connectivity index (χ2n) is 4.97. The Kier molecular flexibility index (Phi) is 5.49. The third-order valence-corrected chi connectivity index (χ3v) is 3.29. The van der Waals surface area contributed by atoms with Gasteiger partial charge in [-0.25, -0.2) is 0 Å². The number of nitro benzene ring substituents is 1. The Morgan fingerprint density at radius 1 is 1.40 bits per heavy atom. The van der Waals surface area contributed by atoms with Crippen LogP contribution in [0.25, 0.3) is 0 Å². The smallest absolute Gasteiger partial charge is 0.270 e. The number of carbonyl (C=O) groups excluding carboxylic acids is 1. The Morgan fingerprint density at radius 2 is 2.05 bits per heavy atom. The van der Waals surface area contributed by atoms with Gasteiger partial charge in [0.1, 0.15) is 0 Å². The molecule has 1 aromatic rings. The van der Waals surface area contributed by atoms with Crippen molar-refractivity contribution in [2.75, 3.05) is 12.4 Å². The fourth-order valence-corrected chi connectivity index (χ4v) is 2.04. The quantitative estimate of drug-likeness (QED) is 0.619. The molecule has 6 nitrogen and oxygen atoms in total. The Bertz CT molecular complexity index is 500. The van der Waals surface area contributed by atoms with E-state index in [-0.39, 0.29) is 17.6 Å². The van der Waals surface area contributed by atoms with Gasteiger partial charge in [0, 0.05) is 30.9 Å². The van der Waals surface area contributed by atoms with Gasteiger partial charge < -0.3 is 10.6 Å². The molecule has 0 aromatic heterocycles. The molecule has 0 heterocycles. The van der Waals surface area contributed by atoms with E-state index in [0.717, 1.165) is 6.42 Å². The van der Waals surface area contributed by atoms with Crippen molar-refractivity contribution in [2.45, 2.75) is 33.2 Å². The number of nitrogens with zero attached hydrogens (tertiary/aromatic N) is 1. The molecule has 1 aromatic carbocycles. The normalized spacial score (nSPS) is 12.1. The van der Waals surface area contributed by atoms with Crippen LogP contribution in [0.15, 0.2) is 18.2 Å². The predicted molar refractivity (Wildman–Crippen MR) is 79.0 cm³/mol. The first kappa shape index (κ1) is 15.9. The minimum Gasteiger partial charge on any atom is -0.387 e. The molecule has 1 unspecified atom stereocenters. The molecule has 0 saturated heterocycles. The first-order valence-corrected chi connectivity index (χ1v) is 6.67. The van der Waals surface area contributed by atoms with Gasteiger partial charge in [0.2, 0.25) is 0 Å². The van der Waals surface area contributed by atoms with Gasteiger partial charge in [-0.05, 0) is 18.4 Å². The molecule has 0 aliphatic heterocycles. The minimum absolute atomic E-state index is 0.0477. The van der Waals surface area contributed by atoms with E-state index in [4.69, 9.17) is 0 Å². The lowest BCUT2D eigenvalue weighted by molar-refractivity contribution is -0.384. The number of anilines is 1. The monoisotopic (exact) mass is 279 g/mol. The molecule has 0 aliphatic rings. The molecule has 0 saturated carbocycles. The highest BCUT2D eigenvalue weighted by Gasteiger charge is 2.20. The lowest BCUT2D eigenvalue weighted by Gasteiger charge is -2.21.